The van der Waals surface area contributed by atoms with Crippen molar-refractivity contribution in [2.24, 2.45) is 13.0 Å². The number of carbonyl (C=O) groups is 1. The van der Waals surface area contributed by atoms with E-state index in [1.165, 1.54) is 10.1 Å². The summed E-state index contributed by atoms with van der Waals surface area (Å²) in [7, 11) is 3.78. The first-order chi connectivity index (χ1) is 21.1. The molecule has 4 aromatic rings. The maximum Gasteiger partial charge on any atom is 0.276 e. The smallest absolute Gasteiger partial charge is 0.276 e. The molecule has 1 amide bonds. The number of hydrogen-bond donors (Lipinski definition) is 2. The van der Waals surface area contributed by atoms with Crippen LogP contribution in [0.3, 0.4) is 0 Å². The summed E-state index contributed by atoms with van der Waals surface area (Å²) in [6, 6.07) is 7.58. The van der Waals surface area contributed by atoms with Gasteiger partial charge in [0.1, 0.15) is 17.2 Å². The predicted molar refractivity (Wildman–Crippen MR) is 171 cm³/mol. The van der Waals surface area contributed by atoms with Crippen LogP contribution in [0.5, 0.6) is 0 Å². The highest BCUT2D eigenvalue weighted by Gasteiger charge is 2.30. The van der Waals surface area contributed by atoms with E-state index in [1.807, 2.05) is 27.4 Å². The van der Waals surface area contributed by atoms with Crippen molar-refractivity contribution < 1.29 is 9.90 Å². The van der Waals surface area contributed by atoms with Crippen LogP contribution >= 0.6 is 0 Å². The second-order valence-electron chi connectivity index (χ2n) is 12.7. The minimum atomic E-state index is -0.312. The van der Waals surface area contributed by atoms with E-state index < -0.39 is 0 Å². The second-order valence-corrected chi connectivity index (χ2v) is 12.7. The zero-order valence-electron chi connectivity index (χ0n) is 26.2. The van der Waals surface area contributed by atoms with E-state index in [4.69, 9.17) is 0 Å². The molecule has 0 saturated heterocycles. The molecule has 2 aliphatic heterocycles. The van der Waals surface area contributed by atoms with Crippen molar-refractivity contribution in [2.75, 3.05) is 30.4 Å². The van der Waals surface area contributed by atoms with Gasteiger partial charge in [0.25, 0.3) is 11.5 Å². The molecule has 1 atom stereocenters. The van der Waals surface area contributed by atoms with E-state index in [1.54, 1.807) is 30.4 Å². The average Bonchev–Trinajstić information content (AvgIpc) is 3.62. The van der Waals surface area contributed by atoms with Gasteiger partial charge in [0.2, 0.25) is 0 Å². The number of likely N-dealkylation sites (N-methyl/N-ethyl adjacent to an activating group) is 1. The van der Waals surface area contributed by atoms with Crippen LogP contribution in [0.1, 0.15) is 66.8 Å². The molecular formula is C33H42N8O3. The molecule has 0 unspecified atom stereocenters. The van der Waals surface area contributed by atoms with Crippen molar-refractivity contribution in [3.05, 3.63) is 75.7 Å². The van der Waals surface area contributed by atoms with Gasteiger partial charge in [-0.15, -0.1) is 0 Å². The summed E-state index contributed by atoms with van der Waals surface area (Å²) in [6.45, 7) is 9.98. The zero-order valence-corrected chi connectivity index (χ0v) is 26.2. The Morgan fingerprint density at radius 3 is 2.59 bits per heavy atom. The third-order valence-corrected chi connectivity index (χ3v) is 8.89. The number of rotatable bonds is 9. The number of nitrogens with zero attached hydrogens (tertiary/aromatic N) is 7. The number of nitrogens with one attached hydrogen (secondary N) is 1. The molecule has 0 spiro atoms. The van der Waals surface area contributed by atoms with Gasteiger partial charge in [0.15, 0.2) is 5.82 Å². The van der Waals surface area contributed by atoms with Crippen molar-refractivity contribution >= 4 is 23.2 Å². The molecule has 4 aromatic heterocycles. The van der Waals surface area contributed by atoms with E-state index in [0.717, 1.165) is 43.7 Å². The maximum absolute atomic E-state index is 13.8. The first kappa shape index (κ1) is 29.8. The summed E-state index contributed by atoms with van der Waals surface area (Å²) < 4.78 is 5.53. The number of aliphatic hydroxyl groups excluding tert-OH is 1. The van der Waals surface area contributed by atoms with Gasteiger partial charge in [0, 0.05) is 69.0 Å². The number of anilines is 3. The lowest BCUT2D eigenvalue weighted by Gasteiger charge is -2.29. The van der Waals surface area contributed by atoms with Crippen LogP contribution in [-0.4, -0.2) is 59.9 Å². The number of pyridine rings is 2. The van der Waals surface area contributed by atoms with Crippen molar-refractivity contribution in [1.29, 1.82) is 0 Å². The highest BCUT2D eigenvalue weighted by Crippen LogP contribution is 2.34. The average molecular weight is 599 g/mol. The van der Waals surface area contributed by atoms with Crippen LogP contribution in [0.4, 0.5) is 17.3 Å². The lowest BCUT2D eigenvalue weighted by Crippen LogP contribution is -2.41. The Kier molecular flexibility index (Phi) is 8.17. The summed E-state index contributed by atoms with van der Waals surface area (Å²) in [6.07, 6.45) is 7.73. The highest BCUT2D eigenvalue weighted by atomic mass is 16.3. The molecule has 0 fully saturated rings. The number of hydrogen-bond acceptors (Lipinski definition) is 7. The summed E-state index contributed by atoms with van der Waals surface area (Å²) in [4.78, 5) is 35.4. The van der Waals surface area contributed by atoms with E-state index in [0.29, 0.717) is 59.1 Å². The monoisotopic (exact) mass is 598 g/mol. The molecule has 11 heteroatoms. The van der Waals surface area contributed by atoms with Gasteiger partial charge in [-0.25, -0.2) is 4.98 Å². The fraction of sp³-hybridized carbons (Fsp3) is 0.455. The molecule has 2 N–H and O–H groups in total. The van der Waals surface area contributed by atoms with Gasteiger partial charge >= 0.3 is 0 Å². The van der Waals surface area contributed by atoms with E-state index in [2.05, 4.69) is 54.3 Å². The number of aliphatic hydroxyl groups is 1. The third kappa shape index (κ3) is 5.69. The zero-order chi connectivity index (χ0) is 31.1. The Bertz CT molecular complexity index is 1750. The molecule has 6 heterocycles. The standard InChI is InChI=1S/C33H42N8O3/c1-21(2)6-7-22(3)23-15-29-33(44)40(12-11-39(29)18-23)31-27(20-42)26(8-9-34-31)24-14-28(32(43)38(5)17-24)35-30-16-25-19-37(4)10-13-41(25)36-30/h8-9,14-18,21-22,42H,6-7,10-13,19-20H2,1-5H3,(H,35,36)/t22-/m1/s1. The van der Waals surface area contributed by atoms with Gasteiger partial charge in [-0.3, -0.25) is 24.1 Å². The summed E-state index contributed by atoms with van der Waals surface area (Å²) in [5.74, 6) is 1.93. The number of fused-ring (bicyclic) bond motifs is 2. The lowest BCUT2D eigenvalue weighted by molar-refractivity contribution is 0.0964. The molecule has 44 heavy (non-hydrogen) atoms. The first-order valence-electron chi connectivity index (χ1n) is 15.5. The molecule has 2 aliphatic rings. The number of amides is 1. The quantitative estimate of drug-likeness (QED) is 0.295. The molecule has 0 saturated carbocycles. The van der Waals surface area contributed by atoms with Crippen molar-refractivity contribution in [2.45, 2.75) is 65.8 Å². The summed E-state index contributed by atoms with van der Waals surface area (Å²) >= 11 is 0. The van der Waals surface area contributed by atoms with Gasteiger partial charge < -0.3 is 19.6 Å². The molecule has 0 bridgehead atoms. The molecule has 0 aliphatic carbocycles. The van der Waals surface area contributed by atoms with Crippen LogP contribution < -0.4 is 15.8 Å². The molecule has 0 radical (unpaired) electrons. The molecule has 232 valence electrons. The first-order valence-corrected chi connectivity index (χ1v) is 15.5. The van der Waals surface area contributed by atoms with E-state index in [-0.39, 0.29) is 18.1 Å². The Labute approximate surface area is 257 Å². The molecular weight excluding hydrogens is 556 g/mol. The van der Waals surface area contributed by atoms with Gasteiger partial charge in [-0.05, 0) is 54.6 Å². The maximum atomic E-state index is 13.8. The van der Waals surface area contributed by atoms with Crippen LogP contribution in [0, 0.1) is 5.92 Å². The molecule has 11 nitrogen and oxygen atoms in total. The van der Waals surface area contributed by atoms with Crippen LogP contribution in [-0.2, 0) is 33.3 Å². The second kappa shape index (κ2) is 12.0. The van der Waals surface area contributed by atoms with E-state index >= 15 is 0 Å². The fourth-order valence-corrected chi connectivity index (χ4v) is 6.25. The molecule has 6 rings (SSSR count). The molecule has 0 aromatic carbocycles. The van der Waals surface area contributed by atoms with Crippen molar-refractivity contribution in [3.8, 4) is 11.1 Å². The van der Waals surface area contributed by atoms with Crippen molar-refractivity contribution in [3.63, 3.8) is 0 Å². The van der Waals surface area contributed by atoms with Crippen LogP contribution in [0.25, 0.3) is 11.1 Å². The highest BCUT2D eigenvalue weighted by molar-refractivity contribution is 6.06. The third-order valence-electron chi connectivity index (χ3n) is 8.89. The number of aromatic nitrogens is 5. The minimum absolute atomic E-state index is 0.130. The van der Waals surface area contributed by atoms with Gasteiger partial charge in [-0.2, -0.15) is 5.10 Å². The Morgan fingerprint density at radius 1 is 1.00 bits per heavy atom. The van der Waals surface area contributed by atoms with Crippen LogP contribution in [0.15, 0.2) is 47.7 Å². The SMILES string of the molecule is CC(C)CC[C@@H](C)c1cc2n(c1)CCN(c1nccc(-c3cc(Nc4cc5n(n4)CCN(C)C5)c(=O)n(C)c3)c1CO)C2=O. The predicted octanol–water partition coefficient (Wildman–Crippen LogP) is 4.33. The summed E-state index contributed by atoms with van der Waals surface area (Å²) in [5.41, 5.74) is 5.06. The number of carbonyl (C=O) groups excluding carboxylic acids is 1. The largest absolute Gasteiger partial charge is 0.392 e. The van der Waals surface area contributed by atoms with Gasteiger partial charge in [0.05, 0.1) is 18.8 Å². The fourth-order valence-electron chi connectivity index (χ4n) is 6.25. The van der Waals surface area contributed by atoms with Gasteiger partial charge in [-0.1, -0.05) is 27.2 Å². The van der Waals surface area contributed by atoms with Crippen LogP contribution in [0.2, 0.25) is 0 Å². The summed E-state index contributed by atoms with van der Waals surface area (Å²) in [5, 5.41) is 18.5. The van der Waals surface area contributed by atoms with E-state index in [9.17, 15) is 14.7 Å². The normalized spacial score (nSPS) is 15.9. The lowest BCUT2D eigenvalue weighted by atomic mass is 9.94. The number of aryl methyl sites for hydroxylation is 1. The Balaban J connectivity index is 1.30. The topological polar surface area (TPSA) is 113 Å². The Morgan fingerprint density at radius 2 is 1.82 bits per heavy atom. The Hall–Kier alpha value is -4.22. The minimum Gasteiger partial charge on any atom is -0.392 e. The van der Waals surface area contributed by atoms with Crippen molar-refractivity contribution in [1.82, 2.24) is 28.8 Å².